The molecule has 208 valence electrons. The van der Waals surface area contributed by atoms with Crippen molar-refractivity contribution in [3.8, 4) is 5.75 Å². The van der Waals surface area contributed by atoms with E-state index < -0.39 is 26.0 Å². The van der Waals surface area contributed by atoms with E-state index in [4.69, 9.17) is 16.3 Å². The highest BCUT2D eigenvalue weighted by Gasteiger charge is 2.21. The number of ether oxygens (including phenoxy) is 1. The second-order valence-corrected chi connectivity index (χ2v) is 12.6. The van der Waals surface area contributed by atoms with Crippen molar-refractivity contribution in [3.05, 3.63) is 108 Å². The van der Waals surface area contributed by atoms with E-state index in [1.54, 1.807) is 24.3 Å². The third-order valence-corrected chi connectivity index (χ3v) is 9.25. The minimum Gasteiger partial charge on any atom is -0.494 e. The fourth-order valence-electron chi connectivity index (χ4n) is 3.65. The number of nitrogens with zero attached hydrogens (tertiary/aromatic N) is 1. The molecular formula is C28H26ClN3O6S2. The van der Waals surface area contributed by atoms with Gasteiger partial charge in [-0.05, 0) is 104 Å². The van der Waals surface area contributed by atoms with Crippen LogP contribution in [-0.2, 0) is 20.0 Å². The van der Waals surface area contributed by atoms with Crippen LogP contribution in [0.5, 0.6) is 5.75 Å². The highest BCUT2D eigenvalue weighted by atomic mass is 35.5. The maximum atomic E-state index is 12.9. The molecule has 2 N–H and O–H groups in total. The predicted molar refractivity (Wildman–Crippen MR) is 156 cm³/mol. The van der Waals surface area contributed by atoms with Crippen LogP contribution in [-0.4, -0.2) is 36.4 Å². The molecule has 1 amide bonds. The van der Waals surface area contributed by atoms with Gasteiger partial charge in [-0.15, -0.1) is 0 Å². The lowest BCUT2D eigenvalue weighted by Crippen LogP contribution is -2.26. The molecule has 0 atom stereocenters. The number of halogens is 1. The van der Waals surface area contributed by atoms with E-state index in [0.717, 1.165) is 4.31 Å². The number of carbonyl (C=O) groups is 1. The fourth-order valence-corrected chi connectivity index (χ4v) is 6.03. The number of hydrogen-bond acceptors (Lipinski definition) is 6. The van der Waals surface area contributed by atoms with E-state index in [9.17, 15) is 21.6 Å². The number of amides is 1. The molecular weight excluding hydrogens is 574 g/mol. The van der Waals surface area contributed by atoms with Gasteiger partial charge in [0.2, 0.25) is 0 Å². The summed E-state index contributed by atoms with van der Waals surface area (Å²) in [6.45, 7) is 2.36. The quantitative estimate of drug-likeness (QED) is 0.244. The van der Waals surface area contributed by atoms with Crippen molar-refractivity contribution in [2.45, 2.75) is 16.7 Å². The molecule has 0 aliphatic rings. The average Bonchev–Trinajstić information content (AvgIpc) is 2.94. The molecule has 4 aromatic carbocycles. The lowest BCUT2D eigenvalue weighted by molar-refractivity contribution is 0.102. The van der Waals surface area contributed by atoms with Gasteiger partial charge in [0.25, 0.3) is 26.0 Å². The van der Waals surface area contributed by atoms with Crippen LogP contribution in [0.4, 0.5) is 17.1 Å². The molecule has 0 aliphatic heterocycles. The summed E-state index contributed by atoms with van der Waals surface area (Å²) in [6, 6.07) is 24.1. The summed E-state index contributed by atoms with van der Waals surface area (Å²) in [7, 11) is -6.25. The SMILES string of the molecule is CCOc1ccc(NS(=O)(=O)c2ccc(NC(=O)c3ccc(N(C)S(=O)(=O)c4ccc(Cl)cc4)cc3)cc2)cc1. The summed E-state index contributed by atoms with van der Waals surface area (Å²) in [5, 5.41) is 3.13. The van der Waals surface area contributed by atoms with Gasteiger partial charge in [0, 0.05) is 29.0 Å². The van der Waals surface area contributed by atoms with Crippen molar-refractivity contribution < 1.29 is 26.4 Å². The van der Waals surface area contributed by atoms with Crippen LogP contribution in [0, 0.1) is 0 Å². The Morgan fingerprint density at radius 2 is 1.32 bits per heavy atom. The normalized spacial score (nSPS) is 11.5. The Morgan fingerprint density at radius 1 is 0.775 bits per heavy atom. The smallest absolute Gasteiger partial charge is 0.264 e. The topological polar surface area (TPSA) is 122 Å². The molecule has 0 spiro atoms. The minimum atomic E-state index is -3.85. The lowest BCUT2D eigenvalue weighted by atomic mass is 10.2. The summed E-state index contributed by atoms with van der Waals surface area (Å²) in [5.74, 6) is 0.188. The van der Waals surface area contributed by atoms with E-state index in [1.165, 1.54) is 79.8 Å². The zero-order chi connectivity index (χ0) is 28.9. The maximum absolute atomic E-state index is 12.9. The van der Waals surface area contributed by atoms with Crippen LogP contribution in [0.3, 0.4) is 0 Å². The van der Waals surface area contributed by atoms with E-state index >= 15 is 0 Å². The largest absolute Gasteiger partial charge is 0.494 e. The summed E-state index contributed by atoms with van der Waals surface area (Å²) in [6.07, 6.45) is 0. The summed E-state index contributed by atoms with van der Waals surface area (Å²) in [4.78, 5) is 12.9. The van der Waals surface area contributed by atoms with Crippen molar-refractivity contribution >= 4 is 54.6 Å². The Kier molecular flexibility index (Phi) is 8.67. The Balaban J connectivity index is 1.40. The zero-order valence-corrected chi connectivity index (χ0v) is 23.9. The van der Waals surface area contributed by atoms with E-state index in [2.05, 4.69) is 10.0 Å². The monoisotopic (exact) mass is 599 g/mol. The van der Waals surface area contributed by atoms with Crippen molar-refractivity contribution in [3.63, 3.8) is 0 Å². The molecule has 0 radical (unpaired) electrons. The molecule has 40 heavy (non-hydrogen) atoms. The first-order valence-electron chi connectivity index (χ1n) is 12.0. The fraction of sp³-hybridized carbons (Fsp3) is 0.107. The van der Waals surface area contributed by atoms with Crippen LogP contribution < -0.4 is 19.1 Å². The molecule has 0 aromatic heterocycles. The highest BCUT2D eigenvalue weighted by Crippen LogP contribution is 2.25. The van der Waals surface area contributed by atoms with Crippen molar-refractivity contribution in [2.24, 2.45) is 0 Å². The van der Waals surface area contributed by atoms with Crippen LogP contribution in [0.15, 0.2) is 107 Å². The molecule has 4 aromatic rings. The molecule has 0 saturated heterocycles. The first-order valence-corrected chi connectivity index (χ1v) is 15.3. The molecule has 0 bridgehead atoms. The summed E-state index contributed by atoms with van der Waals surface area (Å²) in [5.41, 5.74) is 1.42. The van der Waals surface area contributed by atoms with E-state index in [0.29, 0.717) is 34.4 Å². The van der Waals surface area contributed by atoms with Gasteiger partial charge in [0.1, 0.15) is 5.75 Å². The van der Waals surface area contributed by atoms with Gasteiger partial charge >= 0.3 is 0 Å². The van der Waals surface area contributed by atoms with Crippen LogP contribution in [0.1, 0.15) is 17.3 Å². The second-order valence-electron chi connectivity index (χ2n) is 8.51. The minimum absolute atomic E-state index is 0.0219. The first kappa shape index (κ1) is 28.9. The van der Waals surface area contributed by atoms with Gasteiger partial charge in [0.05, 0.1) is 22.1 Å². The Labute approximate surface area is 238 Å². The van der Waals surface area contributed by atoms with E-state index in [1.807, 2.05) is 6.92 Å². The van der Waals surface area contributed by atoms with Crippen molar-refractivity contribution in [2.75, 3.05) is 28.0 Å². The molecule has 0 heterocycles. The number of hydrogen-bond donors (Lipinski definition) is 2. The number of sulfonamides is 2. The third-order valence-electron chi connectivity index (χ3n) is 5.81. The summed E-state index contributed by atoms with van der Waals surface area (Å²) >= 11 is 5.85. The molecule has 4 rings (SSSR count). The standard InChI is InChI=1S/C28H26ClN3O6S2/c1-3-38-25-14-8-23(9-15-25)31-39(34,35)26-18-10-22(11-19-26)30-28(33)20-4-12-24(13-5-20)32(2)40(36,37)27-16-6-21(29)7-17-27/h4-19,31H,3H2,1-2H3,(H,30,33). The molecule has 12 heteroatoms. The average molecular weight is 600 g/mol. The van der Waals surface area contributed by atoms with Crippen molar-refractivity contribution in [1.29, 1.82) is 0 Å². The van der Waals surface area contributed by atoms with Gasteiger partial charge < -0.3 is 10.1 Å². The number of anilines is 3. The zero-order valence-electron chi connectivity index (χ0n) is 21.5. The third kappa shape index (κ3) is 6.74. The molecule has 0 saturated carbocycles. The van der Waals surface area contributed by atoms with E-state index in [-0.39, 0.29) is 15.4 Å². The van der Waals surface area contributed by atoms with Crippen molar-refractivity contribution in [1.82, 2.24) is 0 Å². The van der Waals surface area contributed by atoms with Crippen LogP contribution in [0.2, 0.25) is 5.02 Å². The number of nitrogens with one attached hydrogen (secondary N) is 2. The van der Waals surface area contributed by atoms with Gasteiger partial charge in [-0.25, -0.2) is 16.8 Å². The summed E-state index contributed by atoms with van der Waals surface area (Å²) < 4.78 is 60.3. The lowest BCUT2D eigenvalue weighted by Gasteiger charge is -2.20. The van der Waals surface area contributed by atoms with Gasteiger partial charge in [0.15, 0.2) is 0 Å². The molecule has 9 nitrogen and oxygen atoms in total. The Bertz CT molecular complexity index is 1690. The number of carbonyl (C=O) groups excluding carboxylic acids is 1. The van der Waals surface area contributed by atoms with Gasteiger partial charge in [-0.2, -0.15) is 0 Å². The maximum Gasteiger partial charge on any atom is 0.264 e. The highest BCUT2D eigenvalue weighted by molar-refractivity contribution is 7.93. The van der Waals surface area contributed by atoms with Crippen LogP contribution in [0.25, 0.3) is 0 Å². The van der Waals surface area contributed by atoms with Crippen LogP contribution >= 0.6 is 11.6 Å². The Hall–Kier alpha value is -4.06. The van der Waals surface area contributed by atoms with Gasteiger partial charge in [-0.3, -0.25) is 13.8 Å². The Morgan fingerprint density at radius 3 is 1.90 bits per heavy atom. The number of rotatable bonds is 10. The second kappa shape index (κ2) is 12.0. The van der Waals surface area contributed by atoms with Gasteiger partial charge in [-0.1, -0.05) is 11.6 Å². The molecule has 0 unspecified atom stereocenters. The molecule has 0 aliphatic carbocycles. The predicted octanol–water partition coefficient (Wildman–Crippen LogP) is 5.62. The first-order chi connectivity index (χ1) is 19.0. The number of benzene rings is 4. The molecule has 0 fully saturated rings.